The Labute approximate surface area is 99.0 Å². The fourth-order valence-corrected chi connectivity index (χ4v) is 1.39. The quantitative estimate of drug-likeness (QED) is 0.855. The van der Waals surface area contributed by atoms with E-state index >= 15 is 0 Å². The first-order valence-corrected chi connectivity index (χ1v) is 5.40. The second-order valence-corrected chi connectivity index (χ2v) is 3.88. The van der Waals surface area contributed by atoms with Crippen molar-refractivity contribution in [2.75, 3.05) is 11.4 Å². The van der Waals surface area contributed by atoms with Crippen molar-refractivity contribution in [3.05, 3.63) is 17.3 Å². The molecule has 16 heavy (non-hydrogen) atoms. The van der Waals surface area contributed by atoms with Crippen LogP contribution in [0.5, 0.6) is 0 Å². The maximum absolute atomic E-state index is 10.8. The molecule has 1 unspecified atom stereocenters. The number of hydrogen-bond donors (Lipinski definition) is 1. The van der Waals surface area contributed by atoms with Gasteiger partial charge < -0.3 is 10.0 Å². The van der Waals surface area contributed by atoms with Crippen molar-refractivity contribution in [1.82, 2.24) is 10.2 Å². The van der Waals surface area contributed by atoms with Gasteiger partial charge in [-0.15, -0.1) is 10.2 Å². The molecule has 1 aromatic heterocycles. The summed E-state index contributed by atoms with van der Waals surface area (Å²) in [4.78, 5) is 12.4. The number of hydrogen-bond acceptors (Lipinski definition) is 4. The van der Waals surface area contributed by atoms with Crippen molar-refractivity contribution in [3.8, 4) is 0 Å². The highest BCUT2D eigenvalue weighted by atomic mass is 35.5. The summed E-state index contributed by atoms with van der Waals surface area (Å²) in [5.41, 5.74) is 0. The number of halogens is 1. The molecule has 0 saturated carbocycles. The van der Waals surface area contributed by atoms with Crippen molar-refractivity contribution < 1.29 is 9.90 Å². The molecule has 0 amide bonds. The smallest absolute Gasteiger partial charge is 0.323 e. The van der Waals surface area contributed by atoms with Gasteiger partial charge in [0.25, 0.3) is 0 Å². The molecule has 0 aliphatic carbocycles. The molecule has 0 saturated heterocycles. The van der Waals surface area contributed by atoms with Gasteiger partial charge in [-0.2, -0.15) is 0 Å². The maximum atomic E-state index is 10.8. The number of rotatable bonds is 5. The van der Waals surface area contributed by atoms with Crippen molar-refractivity contribution >= 4 is 23.4 Å². The largest absolute Gasteiger partial charge is 0.480 e. The lowest BCUT2D eigenvalue weighted by Crippen LogP contribution is -2.37. The summed E-state index contributed by atoms with van der Waals surface area (Å²) in [5.74, 6) is -0.363. The number of aromatic nitrogens is 2. The van der Waals surface area contributed by atoms with Crippen molar-refractivity contribution in [2.45, 2.75) is 26.3 Å². The zero-order valence-corrected chi connectivity index (χ0v) is 9.98. The molecule has 0 fully saturated rings. The third kappa shape index (κ3) is 3.34. The maximum Gasteiger partial charge on any atom is 0.323 e. The van der Waals surface area contributed by atoms with Crippen molar-refractivity contribution in [3.63, 3.8) is 0 Å². The monoisotopic (exact) mass is 243 g/mol. The molecule has 0 aromatic carbocycles. The summed E-state index contributed by atoms with van der Waals surface area (Å²) in [5, 5.41) is 16.7. The fraction of sp³-hybridized carbons (Fsp3) is 0.500. The van der Waals surface area contributed by atoms with E-state index in [0.717, 1.165) is 6.42 Å². The van der Waals surface area contributed by atoms with Crippen LogP contribution in [0, 0.1) is 0 Å². The lowest BCUT2D eigenvalue weighted by atomic mass is 10.2. The van der Waals surface area contributed by atoms with Crippen LogP contribution in [-0.4, -0.2) is 33.9 Å². The molecule has 0 bridgehead atoms. The average Bonchev–Trinajstić information content (AvgIpc) is 2.26. The zero-order valence-electron chi connectivity index (χ0n) is 9.22. The predicted molar refractivity (Wildman–Crippen MR) is 61.8 cm³/mol. The van der Waals surface area contributed by atoms with E-state index in [1.54, 1.807) is 17.0 Å². The molecule has 6 heteroatoms. The van der Waals surface area contributed by atoms with E-state index in [4.69, 9.17) is 16.7 Å². The number of carbonyl (C=O) groups is 1. The SMILES string of the molecule is CCC(C)N(CC(=O)O)c1ccc(Cl)nn1. The second-order valence-electron chi connectivity index (χ2n) is 3.49. The van der Waals surface area contributed by atoms with E-state index in [0.29, 0.717) is 11.0 Å². The van der Waals surface area contributed by atoms with Crippen LogP contribution < -0.4 is 4.90 Å². The summed E-state index contributed by atoms with van der Waals surface area (Å²) in [7, 11) is 0. The van der Waals surface area contributed by atoms with E-state index in [1.807, 2.05) is 13.8 Å². The first-order chi connectivity index (χ1) is 7.54. The molecule has 1 N–H and O–H groups in total. The molecule has 0 radical (unpaired) electrons. The van der Waals surface area contributed by atoms with E-state index < -0.39 is 5.97 Å². The normalized spacial score (nSPS) is 12.2. The molecular weight excluding hydrogens is 230 g/mol. The van der Waals surface area contributed by atoms with E-state index in [2.05, 4.69) is 10.2 Å². The van der Waals surface area contributed by atoms with Crippen LogP contribution >= 0.6 is 11.6 Å². The first-order valence-electron chi connectivity index (χ1n) is 5.02. The molecule has 5 nitrogen and oxygen atoms in total. The van der Waals surface area contributed by atoms with E-state index in [9.17, 15) is 4.79 Å². The van der Waals surface area contributed by atoms with Gasteiger partial charge >= 0.3 is 5.97 Å². The van der Waals surface area contributed by atoms with Crippen molar-refractivity contribution in [1.29, 1.82) is 0 Å². The Balaban J connectivity index is 2.91. The van der Waals surface area contributed by atoms with E-state index in [1.165, 1.54) is 0 Å². The first kappa shape index (κ1) is 12.7. The highest BCUT2D eigenvalue weighted by Crippen LogP contribution is 2.16. The highest BCUT2D eigenvalue weighted by molar-refractivity contribution is 6.29. The Bertz CT molecular complexity index is 356. The predicted octanol–water partition coefficient (Wildman–Crippen LogP) is 1.82. The molecule has 1 heterocycles. The van der Waals surface area contributed by atoms with Crippen LogP contribution in [0.2, 0.25) is 5.15 Å². The Kier molecular flexibility index (Phi) is 4.49. The molecule has 1 aromatic rings. The Morgan fingerprint density at radius 1 is 1.56 bits per heavy atom. The minimum Gasteiger partial charge on any atom is -0.480 e. The van der Waals surface area contributed by atoms with Gasteiger partial charge in [0.2, 0.25) is 0 Å². The number of carboxylic acids is 1. The molecule has 1 rings (SSSR count). The topological polar surface area (TPSA) is 66.3 Å². The van der Waals surface area contributed by atoms with Crippen LogP contribution in [0.15, 0.2) is 12.1 Å². The van der Waals surface area contributed by atoms with Gasteiger partial charge in [-0.05, 0) is 25.5 Å². The van der Waals surface area contributed by atoms with Gasteiger partial charge in [0, 0.05) is 6.04 Å². The lowest BCUT2D eigenvalue weighted by Gasteiger charge is -2.27. The second kappa shape index (κ2) is 5.65. The van der Waals surface area contributed by atoms with Crippen LogP contribution in [-0.2, 0) is 4.79 Å². The summed E-state index contributed by atoms with van der Waals surface area (Å²) < 4.78 is 0. The summed E-state index contributed by atoms with van der Waals surface area (Å²) in [6.45, 7) is 3.84. The third-order valence-corrected chi connectivity index (χ3v) is 2.54. The number of carboxylic acid groups (broad SMARTS) is 1. The van der Waals surface area contributed by atoms with Gasteiger partial charge in [0.1, 0.15) is 6.54 Å². The molecule has 0 spiro atoms. The van der Waals surface area contributed by atoms with Gasteiger partial charge in [0.05, 0.1) is 0 Å². The Hall–Kier alpha value is -1.36. The molecule has 0 aliphatic rings. The van der Waals surface area contributed by atoms with Gasteiger partial charge in [0.15, 0.2) is 11.0 Å². The minimum absolute atomic E-state index is 0.0894. The summed E-state index contributed by atoms with van der Waals surface area (Å²) in [6.07, 6.45) is 0.831. The molecule has 1 atom stereocenters. The van der Waals surface area contributed by atoms with Gasteiger partial charge in [-0.3, -0.25) is 4.79 Å². The zero-order chi connectivity index (χ0) is 12.1. The highest BCUT2D eigenvalue weighted by Gasteiger charge is 2.17. The summed E-state index contributed by atoms with van der Waals surface area (Å²) >= 11 is 5.63. The van der Waals surface area contributed by atoms with Gasteiger partial charge in [-0.1, -0.05) is 18.5 Å². The average molecular weight is 244 g/mol. The van der Waals surface area contributed by atoms with Crippen LogP contribution in [0.1, 0.15) is 20.3 Å². The number of aliphatic carboxylic acids is 1. The number of nitrogens with zero attached hydrogens (tertiary/aromatic N) is 3. The summed E-state index contributed by atoms with van der Waals surface area (Å²) in [6, 6.07) is 3.36. The number of anilines is 1. The fourth-order valence-electron chi connectivity index (χ4n) is 1.29. The van der Waals surface area contributed by atoms with Gasteiger partial charge in [-0.25, -0.2) is 0 Å². The van der Waals surface area contributed by atoms with Crippen LogP contribution in [0.25, 0.3) is 0 Å². The van der Waals surface area contributed by atoms with Crippen molar-refractivity contribution in [2.24, 2.45) is 0 Å². The van der Waals surface area contributed by atoms with Crippen LogP contribution in [0.3, 0.4) is 0 Å². The molecule has 0 aliphatic heterocycles. The lowest BCUT2D eigenvalue weighted by molar-refractivity contribution is -0.135. The van der Waals surface area contributed by atoms with Crippen LogP contribution in [0.4, 0.5) is 5.82 Å². The molecular formula is C10H14ClN3O2. The third-order valence-electron chi connectivity index (χ3n) is 2.34. The minimum atomic E-state index is -0.892. The molecule has 88 valence electrons. The Morgan fingerprint density at radius 2 is 2.25 bits per heavy atom. The standard InChI is InChI=1S/C10H14ClN3O2/c1-3-7(2)14(6-10(15)16)9-5-4-8(11)12-13-9/h4-5,7H,3,6H2,1-2H3,(H,15,16). The van der Waals surface area contributed by atoms with E-state index in [-0.39, 0.29) is 12.6 Å². The Morgan fingerprint density at radius 3 is 2.69 bits per heavy atom.